The first-order valence-electron chi connectivity index (χ1n) is 7.69. The third-order valence-corrected chi connectivity index (χ3v) is 3.66. The number of benzene rings is 1. The summed E-state index contributed by atoms with van der Waals surface area (Å²) in [5.74, 6) is 0.215. The van der Waals surface area contributed by atoms with E-state index >= 15 is 0 Å². The lowest BCUT2D eigenvalue weighted by Gasteiger charge is -2.04. The molecule has 1 amide bonds. The predicted octanol–water partition coefficient (Wildman–Crippen LogP) is 2.94. The highest BCUT2D eigenvalue weighted by Gasteiger charge is 2.12. The molecule has 126 valence electrons. The molecule has 1 aromatic carbocycles. The molecule has 6 nitrogen and oxygen atoms in total. The molecule has 6 heteroatoms. The number of nitrogens with one attached hydrogen (secondary N) is 1. The van der Waals surface area contributed by atoms with E-state index in [-0.39, 0.29) is 23.6 Å². The van der Waals surface area contributed by atoms with E-state index in [9.17, 15) is 14.4 Å². The number of furan rings is 1. The highest BCUT2D eigenvalue weighted by Crippen LogP contribution is 2.14. The fourth-order valence-corrected chi connectivity index (χ4v) is 2.33. The van der Waals surface area contributed by atoms with Crippen molar-refractivity contribution in [3.05, 3.63) is 88.2 Å². The molecule has 3 rings (SSSR count). The van der Waals surface area contributed by atoms with Gasteiger partial charge in [-0.3, -0.25) is 14.4 Å². The van der Waals surface area contributed by atoms with Crippen LogP contribution in [-0.2, 0) is 6.54 Å². The maximum Gasteiger partial charge on any atom is 0.291 e. The average molecular weight is 336 g/mol. The fraction of sp³-hybridized carbons (Fsp3) is 0.105. The Balaban J connectivity index is 1.69. The number of aromatic nitrogens is 1. The van der Waals surface area contributed by atoms with Crippen LogP contribution in [0.5, 0.6) is 0 Å². The highest BCUT2D eigenvalue weighted by molar-refractivity contribution is 6.02. The van der Waals surface area contributed by atoms with Gasteiger partial charge in [-0.25, -0.2) is 0 Å². The molecule has 0 aliphatic heterocycles. The van der Waals surface area contributed by atoms with Crippen LogP contribution in [0.2, 0.25) is 0 Å². The molecule has 2 aromatic heterocycles. The number of pyridine rings is 1. The van der Waals surface area contributed by atoms with E-state index in [0.29, 0.717) is 17.0 Å². The minimum absolute atomic E-state index is 0.0373. The zero-order valence-electron chi connectivity index (χ0n) is 13.6. The Morgan fingerprint density at radius 2 is 1.80 bits per heavy atom. The molecule has 3 aromatic rings. The lowest BCUT2D eigenvalue weighted by Crippen LogP contribution is -2.18. The quantitative estimate of drug-likeness (QED) is 0.726. The Morgan fingerprint density at radius 1 is 1.04 bits per heavy atom. The molecule has 25 heavy (non-hydrogen) atoms. The third kappa shape index (κ3) is 3.92. The van der Waals surface area contributed by atoms with Gasteiger partial charge < -0.3 is 14.3 Å². The van der Waals surface area contributed by atoms with Crippen LogP contribution in [0.25, 0.3) is 0 Å². The molecule has 0 bridgehead atoms. The van der Waals surface area contributed by atoms with E-state index in [1.54, 1.807) is 54.7 Å². The molecule has 0 spiro atoms. The van der Waals surface area contributed by atoms with Gasteiger partial charge in [0.15, 0.2) is 11.5 Å². The summed E-state index contributed by atoms with van der Waals surface area (Å²) in [5.41, 5.74) is 0.995. The minimum Gasteiger partial charge on any atom is -0.454 e. The Bertz CT molecular complexity index is 967. The summed E-state index contributed by atoms with van der Waals surface area (Å²) in [6.45, 7) is 1.73. The second-order valence-electron chi connectivity index (χ2n) is 5.52. The fourth-order valence-electron chi connectivity index (χ4n) is 2.33. The molecule has 0 radical (unpaired) electrons. The Labute approximate surface area is 143 Å². The number of amides is 1. The number of carbonyl (C=O) groups is 2. The second kappa shape index (κ2) is 7.00. The highest BCUT2D eigenvalue weighted by atomic mass is 16.4. The number of anilines is 1. The van der Waals surface area contributed by atoms with E-state index in [4.69, 9.17) is 4.42 Å². The molecule has 0 atom stereocenters. The molecular weight excluding hydrogens is 320 g/mol. The van der Waals surface area contributed by atoms with E-state index in [1.165, 1.54) is 17.6 Å². The molecule has 0 unspecified atom stereocenters. The maximum absolute atomic E-state index is 12.2. The molecule has 0 saturated heterocycles. The monoisotopic (exact) mass is 336 g/mol. The smallest absolute Gasteiger partial charge is 0.291 e. The minimum atomic E-state index is -0.401. The van der Waals surface area contributed by atoms with Crippen molar-refractivity contribution < 1.29 is 14.0 Å². The molecule has 0 saturated carbocycles. The first-order chi connectivity index (χ1) is 12.0. The van der Waals surface area contributed by atoms with E-state index in [1.807, 2.05) is 0 Å². The van der Waals surface area contributed by atoms with Crippen molar-refractivity contribution in [1.82, 2.24) is 4.57 Å². The van der Waals surface area contributed by atoms with Crippen molar-refractivity contribution in [2.24, 2.45) is 0 Å². The number of hydrogen-bond acceptors (Lipinski definition) is 4. The van der Waals surface area contributed by atoms with E-state index < -0.39 is 5.91 Å². The first kappa shape index (κ1) is 16.4. The van der Waals surface area contributed by atoms with Crippen LogP contribution >= 0.6 is 0 Å². The Kier molecular flexibility index (Phi) is 4.61. The molecule has 0 fully saturated rings. The van der Waals surface area contributed by atoms with Gasteiger partial charge >= 0.3 is 0 Å². The van der Waals surface area contributed by atoms with Crippen LogP contribution < -0.4 is 10.9 Å². The van der Waals surface area contributed by atoms with Crippen molar-refractivity contribution in [3.63, 3.8) is 0 Å². The number of carbonyl (C=O) groups excluding carboxylic acids is 2. The predicted molar refractivity (Wildman–Crippen MR) is 92.9 cm³/mol. The van der Waals surface area contributed by atoms with E-state index in [0.717, 1.165) is 0 Å². The van der Waals surface area contributed by atoms with E-state index in [2.05, 4.69) is 5.32 Å². The molecular formula is C19H16N2O4. The van der Waals surface area contributed by atoms with Crippen LogP contribution in [0.1, 0.15) is 33.6 Å². The molecule has 2 heterocycles. The van der Waals surface area contributed by atoms with Gasteiger partial charge in [0.25, 0.3) is 11.5 Å². The van der Waals surface area contributed by atoms with Gasteiger partial charge in [0.2, 0.25) is 0 Å². The summed E-state index contributed by atoms with van der Waals surface area (Å²) in [6.07, 6.45) is 1.65. The number of Topliss-reactive ketones (excluding diaryl/α,β-unsaturated/α-hetero) is 1. The number of rotatable bonds is 5. The SMILES string of the molecule is CC(=O)c1ccc(NC(=O)c2ccc(Cn3ccccc3=O)o2)cc1. The maximum atomic E-state index is 12.2. The van der Waals surface area contributed by atoms with Crippen molar-refractivity contribution in [3.8, 4) is 0 Å². The van der Waals surface area contributed by atoms with Gasteiger partial charge in [0.05, 0.1) is 6.54 Å². The van der Waals surface area contributed by atoms with Crippen LogP contribution in [0, 0.1) is 0 Å². The lowest BCUT2D eigenvalue weighted by atomic mass is 10.1. The van der Waals surface area contributed by atoms with Crippen LogP contribution in [0.4, 0.5) is 5.69 Å². The molecule has 1 N–H and O–H groups in total. The van der Waals surface area contributed by atoms with Gasteiger partial charge in [0, 0.05) is 23.5 Å². The largest absolute Gasteiger partial charge is 0.454 e. The Hall–Kier alpha value is -3.41. The standard InChI is InChI=1S/C19H16N2O4/c1-13(22)14-5-7-15(8-6-14)20-19(24)17-10-9-16(25-17)12-21-11-3-2-4-18(21)23/h2-11H,12H2,1H3,(H,20,24). The van der Waals surface area contributed by atoms with Crippen molar-refractivity contribution in [1.29, 1.82) is 0 Å². The van der Waals surface area contributed by atoms with Gasteiger partial charge in [-0.1, -0.05) is 6.07 Å². The van der Waals surface area contributed by atoms with Crippen LogP contribution in [0.15, 0.2) is 70.0 Å². The second-order valence-corrected chi connectivity index (χ2v) is 5.52. The summed E-state index contributed by atoms with van der Waals surface area (Å²) in [6, 6.07) is 14.7. The van der Waals surface area contributed by atoms with Gasteiger partial charge in [0.1, 0.15) is 5.76 Å². The van der Waals surface area contributed by atoms with Crippen molar-refractivity contribution in [2.75, 3.05) is 5.32 Å². The number of ketones is 1. The number of hydrogen-bond donors (Lipinski definition) is 1. The van der Waals surface area contributed by atoms with Crippen LogP contribution in [0.3, 0.4) is 0 Å². The summed E-state index contributed by atoms with van der Waals surface area (Å²) in [4.78, 5) is 35.2. The third-order valence-electron chi connectivity index (χ3n) is 3.66. The normalized spacial score (nSPS) is 10.4. The van der Waals surface area contributed by atoms with Crippen molar-refractivity contribution in [2.45, 2.75) is 13.5 Å². The topological polar surface area (TPSA) is 81.3 Å². The summed E-state index contributed by atoms with van der Waals surface area (Å²) >= 11 is 0. The molecule has 0 aliphatic carbocycles. The van der Waals surface area contributed by atoms with Gasteiger partial charge in [-0.2, -0.15) is 0 Å². The van der Waals surface area contributed by atoms with Crippen LogP contribution in [-0.4, -0.2) is 16.3 Å². The molecule has 0 aliphatic rings. The van der Waals surface area contributed by atoms with Gasteiger partial charge in [-0.15, -0.1) is 0 Å². The van der Waals surface area contributed by atoms with Crippen molar-refractivity contribution >= 4 is 17.4 Å². The summed E-state index contributed by atoms with van der Waals surface area (Å²) < 4.78 is 7.00. The summed E-state index contributed by atoms with van der Waals surface area (Å²) in [7, 11) is 0. The lowest BCUT2D eigenvalue weighted by molar-refractivity contribution is 0.0992. The zero-order valence-corrected chi connectivity index (χ0v) is 13.6. The number of nitrogens with zero attached hydrogens (tertiary/aromatic N) is 1. The first-order valence-corrected chi connectivity index (χ1v) is 7.69. The zero-order chi connectivity index (χ0) is 17.8. The Morgan fingerprint density at radius 3 is 2.48 bits per heavy atom. The summed E-state index contributed by atoms with van der Waals surface area (Å²) in [5, 5.41) is 2.70. The average Bonchev–Trinajstić information content (AvgIpc) is 3.06. The van der Waals surface area contributed by atoms with Gasteiger partial charge in [-0.05, 0) is 49.4 Å².